The van der Waals surface area contributed by atoms with Crippen LogP contribution in [0.25, 0.3) is 22.4 Å². The molecule has 4 nitrogen and oxygen atoms in total. The molecule has 1 heterocycles. The Hall–Kier alpha value is -3.37. The van der Waals surface area contributed by atoms with Crippen molar-refractivity contribution in [3.05, 3.63) is 87.5 Å². The Labute approximate surface area is 216 Å². The van der Waals surface area contributed by atoms with E-state index in [9.17, 15) is 31.4 Å². The first-order chi connectivity index (χ1) is 17.3. The van der Waals surface area contributed by atoms with Crippen molar-refractivity contribution in [3.63, 3.8) is 0 Å². The third-order valence-corrected chi connectivity index (χ3v) is 5.99. The van der Waals surface area contributed by atoms with Crippen molar-refractivity contribution in [1.29, 1.82) is 0 Å². The van der Waals surface area contributed by atoms with E-state index < -0.39 is 39.9 Å². The quantitative estimate of drug-likeness (QED) is 0.249. The molecule has 3 aromatic carbocycles. The van der Waals surface area contributed by atoms with Crippen molar-refractivity contribution < 1.29 is 36.2 Å². The lowest BCUT2D eigenvalue weighted by Gasteiger charge is -2.14. The highest BCUT2D eigenvalue weighted by Crippen LogP contribution is 2.46. The highest BCUT2D eigenvalue weighted by molar-refractivity contribution is 6.31. The molecule has 0 aliphatic carbocycles. The van der Waals surface area contributed by atoms with Gasteiger partial charge in [-0.2, -0.15) is 31.4 Å². The number of ether oxygens (including phenoxy) is 1. The third-order valence-electron chi connectivity index (χ3n) is 5.42. The zero-order valence-electron chi connectivity index (χ0n) is 18.8. The first-order valence-corrected chi connectivity index (χ1v) is 11.2. The lowest BCUT2D eigenvalue weighted by atomic mass is 9.97. The van der Waals surface area contributed by atoms with Crippen LogP contribution >= 0.6 is 23.2 Å². The Balaban J connectivity index is 1.77. The second kappa shape index (κ2) is 9.83. The van der Waals surface area contributed by atoms with E-state index in [4.69, 9.17) is 27.9 Å². The second-order valence-electron chi connectivity index (χ2n) is 7.98. The summed E-state index contributed by atoms with van der Waals surface area (Å²) in [4.78, 5) is 0. The largest absolute Gasteiger partial charge is 0.507 e. The number of aromatic nitrogens is 2. The van der Waals surface area contributed by atoms with Gasteiger partial charge in [0.15, 0.2) is 5.69 Å². The van der Waals surface area contributed by atoms with Crippen molar-refractivity contribution in [1.82, 2.24) is 9.78 Å². The Morgan fingerprint density at radius 3 is 2.14 bits per heavy atom. The van der Waals surface area contributed by atoms with Crippen molar-refractivity contribution in [2.75, 3.05) is 0 Å². The molecular weight excluding hydrogens is 545 g/mol. The molecule has 12 heteroatoms. The van der Waals surface area contributed by atoms with E-state index in [0.29, 0.717) is 15.8 Å². The number of rotatable bonds is 5. The van der Waals surface area contributed by atoms with E-state index in [-0.39, 0.29) is 29.2 Å². The van der Waals surface area contributed by atoms with Gasteiger partial charge in [0, 0.05) is 29.3 Å². The summed E-state index contributed by atoms with van der Waals surface area (Å²) in [6.07, 6.45) is -9.71. The summed E-state index contributed by atoms with van der Waals surface area (Å²) in [7, 11) is 1.04. The Bertz CT molecular complexity index is 1450. The van der Waals surface area contributed by atoms with Gasteiger partial charge in [0.05, 0.1) is 10.6 Å². The number of hydrogen-bond acceptors (Lipinski definition) is 3. The number of benzene rings is 3. The minimum absolute atomic E-state index is 0.0871. The molecule has 0 unspecified atom stereocenters. The van der Waals surface area contributed by atoms with Gasteiger partial charge in [-0.1, -0.05) is 41.4 Å². The number of aryl methyl sites for hydroxylation is 1. The predicted molar refractivity (Wildman–Crippen MR) is 127 cm³/mol. The van der Waals surface area contributed by atoms with E-state index in [1.165, 1.54) is 18.2 Å². The fraction of sp³-hybridized carbons (Fsp3) is 0.160. The molecule has 1 N–H and O–H groups in total. The van der Waals surface area contributed by atoms with Crippen LogP contribution in [0.4, 0.5) is 26.3 Å². The zero-order chi connectivity index (χ0) is 27.1. The van der Waals surface area contributed by atoms with E-state index in [2.05, 4.69) is 5.10 Å². The fourth-order valence-corrected chi connectivity index (χ4v) is 4.17. The molecule has 0 saturated carbocycles. The van der Waals surface area contributed by atoms with E-state index >= 15 is 0 Å². The molecular formula is C25H16Cl2F6N2O2. The van der Waals surface area contributed by atoms with Gasteiger partial charge in [0.1, 0.15) is 23.8 Å². The highest BCUT2D eigenvalue weighted by Gasteiger charge is 2.41. The summed E-state index contributed by atoms with van der Waals surface area (Å²) >= 11 is 11.6. The maximum absolute atomic E-state index is 14.0. The summed E-state index contributed by atoms with van der Waals surface area (Å²) in [5.41, 5.74) is -2.80. The minimum Gasteiger partial charge on any atom is -0.507 e. The van der Waals surface area contributed by atoms with Gasteiger partial charge >= 0.3 is 12.4 Å². The van der Waals surface area contributed by atoms with Crippen molar-refractivity contribution in [3.8, 4) is 33.9 Å². The fourth-order valence-electron chi connectivity index (χ4n) is 3.76. The van der Waals surface area contributed by atoms with Gasteiger partial charge in [-0.25, -0.2) is 0 Å². The number of phenolic OH excluding ortho intramolecular Hbond substituents is 1. The molecule has 0 aliphatic rings. The normalized spacial score (nSPS) is 12.1. The van der Waals surface area contributed by atoms with Crippen LogP contribution in [0.3, 0.4) is 0 Å². The lowest BCUT2D eigenvalue weighted by Crippen LogP contribution is -2.13. The molecule has 0 bridgehead atoms. The Morgan fingerprint density at radius 2 is 1.57 bits per heavy atom. The van der Waals surface area contributed by atoms with E-state index in [0.717, 1.165) is 24.7 Å². The number of alkyl halides is 6. The Kier molecular flexibility index (Phi) is 7.09. The van der Waals surface area contributed by atoms with Gasteiger partial charge in [0.25, 0.3) is 0 Å². The third kappa shape index (κ3) is 5.65. The molecule has 4 aromatic rings. The molecule has 4 rings (SSSR count). The topological polar surface area (TPSA) is 47.3 Å². The summed E-state index contributed by atoms with van der Waals surface area (Å²) in [6.45, 7) is 0.132. The predicted octanol–water partition coefficient (Wildman–Crippen LogP) is 8.38. The molecule has 0 fully saturated rings. The molecule has 0 amide bonds. The van der Waals surface area contributed by atoms with Gasteiger partial charge in [-0.15, -0.1) is 0 Å². The van der Waals surface area contributed by atoms with Gasteiger partial charge < -0.3 is 9.84 Å². The summed E-state index contributed by atoms with van der Waals surface area (Å²) in [5, 5.41) is 14.4. The number of nitrogens with zero attached hydrogens (tertiary/aromatic N) is 2. The van der Waals surface area contributed by atoms with Gasteiger partial charge in [-0.05, 0) is 47.5 Å². The SMILES string of the molecule is Cn1nc(-c2ccc(OCc3ccc(Cl)cc3)cc2O)c(-c2ccc(C(F)(F)F)c(Cl)c2)c1C(F)(F)F. The summed E-state index contributed by atoms with van der Waals surface area (Å²) < 4.78 is 87.6. The first kappa shape index (κ1) is 26.7. The average Bonchev–Trinajstić information content (AvgIpc) is 3.15. The molecule has 0 spiro atoms. The van der Waals surface area contributed by atoms with Crippen LogP contribution in [-0.2, 0) is 26.0 Å². The summed E-state index contributed by atoms with van der Waals surface area (Å²) in [6, 6.07) is 13.0. The van der Waals surface area contributed by atoms with Crippen LogP contribution in [0.2, 0.25) is 10.0 Å². The molecule has 0 atom stereocenters. The monoisotopic (exact) mass is 560 g/mol. The van der Waals surface area contributed by atoms with Gasteiger partial charge in [0.2, 0.25) is 0 Å². The van der Waals surface area contributed by atoms with Crippen LogP contribution in [0.15, 0.2) is 60.7 Å². The van der Waals surface area contributed by atoms with Gasteiger partial charge in [-0.3, -0.25) is 4.68 Å². The van der Waals surface area contributed by atoms with Crippen LogP contribution in [0, 0.1) is 0 Å². The van der Waals surface area contributed by atoms with Crippen molar-refractivity contribution in [2.45, 2.75) is 19.0 Å². The second-order valence-corrected chi connectivity index (χ2v) is 8.82. The molecule has 0 aliphatic heterocycles. The lowest BCUT2D eigenvalue weighted by molar-refractivity contribution is -0.143. The molecule has 37 heavy (non-hydrogen) atoms. The molecule has 0 radical (unpaired) electrons. The molecule has 1 aromatic heterocycles. The standard InChI is InChI=1S/C25H16Cl2F6N2O2/c1-35-23(25(31,32)33)21(14-4-9-18(19(27)10-14)24(28,29)30)22(34-35)17-8-7-16(11-20(17)36)37-12-13-2-5-15(26)6-3-13/h2-11,36H,12H2,1H3. The number of phenols is 1. The van der Waals surface area contributed by atoms with Crippen LogP contribution in [0.1, 0.15) is 16.8 Å². The highest BCUT2D eigenvalue weighted by atomic mass is 35.5. The minimum atomic E-state index is -4.91. The maximum Gasteiger partial charge on any atom is 0.433 e. The first-order valence-electron chi connectivity index (χ1n) is 10.5. The number of aromatic hydroxyl groups is 1. The Morgan fingerprint density at radius 1 is 0.892 bits per heavy atom. The van der Waals surface area contributed by atoms with Crippen molar-refractivity contribution in [2.24, 2.45) is 7.05 Å². The average molecular weight is 561 g/mol. The zero-order valence-corrected chi connectivity index (χ0v) is 20.3. The molecule has 0 saturated heterocycles. The van der Waals surface area contributed by atoms with Crippen LogP contribution in [0.5, 0.6) is 11.5 Å². The maximum atomic E-state index is 14.0. The van der Waals surface area contributed by atoms with E-state index in [1.54, 1.807) is 24.3 Å². The molecule has 194 valence electrons. The van der Waals surface area contributed by atoms with Crippen LogP contribution in [-0.4, -0.2) is 14.9 Å². The van der Waals surface area contributed by atoms with E-state index in [1.807, 2.05) is 0 Å². The summed E-state index contributed by atoms with van der Waals surface area (Å²) in [5.74, 6) is -0.220. The number of halogens is 8. The van der Waals surface area contributed by atoms with Crippen molar-refractivity contribution >= 4 is 23.2 Å². The number of hydrogen-bond donors (Lipinski definition) is 1. The van der Waals surface area contributed by atoms with Crippen LogP contribution < -0.4 is 4.74 Å². The smallest absolute Gasteiger partial charge is 0.433 e.